The van der Waals surface area contributed by atoms with Gasteiger partial charge in [0.25, 0.3) is 0 Å². The molecule has 238 valence electrons. The van der Waals surface area contributed by atoms with E-state index in [0.717, 1.165) is 35.5 Å². The number of carbonyl (C=O) groups is 1. The minimum atomic E-state index is -0.513. The van der Waals surface area contributed by atoms with Gasteiger partial charge in [-0.05, 0) is 54.9 Å². The molecule has 0 bridgehead atoms. The van der Waals surface area contributed by atoms with Gasteiger partial charge in [-0.2, -0.15) is 4.98 Å². The predicted molar refractivity (Wildman–Crippen MR) is 173 cm³/mol. The van der Waals surface area contributed by atoms with E-state index in [4.69, 9.17) is 4.74 Å². The summed E-state index contributed by atoms with van der Waals surface area (Å²) in [5, 5.41) is 0.370. The fourth-order valence-corrected chi connectivity index (χ4v) is 5.60. The number of ether oxygens (including phenoxy) is 1. The van der Waals surface area contributed by atoms with Gasteiger partial charge in [0.2, 0.25) is 11.7 Å². The second kappa shape index (κ2) is 16.8. The number of carbonyl (C=O) groups excluding carboxylic acids is 1. The lowest BCUT2D eigenvalue weighted by atomic mass is 10.1. The first kappa shape index (κ1) is 33.8. The number of pyridine rings is 1. The Morgan fingerprint density at radius 1 is 0.933 bits per heavy atom. The second-order valence-electron chi connectivity index (χ2n) is 10.4. The van der Waals surface area contributed by atoms with Crippen molar-refractivity contribution in [3.8, 4) is 17.0 Å². The van der Waals surface area contributed by atoms with Crippen LogP contribution in [0.3, 0.4) is 0 Å². The fourth-order valence-electron chi connectivity index (χ4n) is 4.68. The van der Waals surface area contributed by atoms with Crippen molar-refractivity contribution in [3.63, 3.8) is 0 Å². The van der Waals surface area contributed by atoms with Gasteiger partial charge < -0.3 is 19.1 Å². The van der Waals surface area contributed by atoms with E-state index in [9.17, 15) is 18.4 Å². The number of alkyl halides is 1. The molecule has 0 saturated carbocycles. The Balaban J connectivity index is 1.56. The van der Waals surface area contributed by atoms with Crippen molar-refractivity contribution < 1.29 is 18.3 Å². The Kier molecular flexibility index (Phi) is 12.6. The average Bonchev–Trinajstić information content (AvgIpc) is 3.06. The molecule has 0 fully saturated rings. The molecule has 0 aliphatic rings. The van der Waals surface area contributed by atoms with Crippen molar-refractivity contribution >= 4 is 17.7 Å². The molecule has 45 heavy (non-hydrogen) atoms. The number of thioether (sulfide) groups is 1. The maximum absolute atomic E-state index is 13.9. The Hall–Kier alpha value is -4.09. The average molecular weight is 636 g/mol. The molecule has 11 heteroatoms. The molecule has 2 aromatic heterocycles. The Labute approximate surface area is 267 Å². The molecular formula is C34H39F2N5O3S. The van der Waals surface area contributed by atoms with Gasteiger partial charge in [0.05, 0.1) is 18.5 Å². The van der Waals surface area contributed by atoms with E-state index in [-0.39, 0.29) is 30.6 Å². The number of aromatic nitrogens is 3. The van der Waals surface area contributed by atoms with E-state index in [1.165, 1.54) is 30.1 Å². The summed E-state index contributed by atoms with van der Waals surface area (Å²) in [5.41, 5.74) is 3.47. The van der Waals surface area contributed by atoms with E-state index < -0.39 is 12.2 Å². The van der Waals surface area contributed by atoms with Crippen molar-refractivity contribution in [2.24, 2.45) is 0 Å². The number of amides is 1. The highest BCUT2D eigenvalue weighted by Crippen LogP contribution is 2.23. The number of halogens is 2. The first-order valence-corrected chi connectivity index (χ1v) is 16.0. The van der Waals surface area contributed by atoms with Gasteiger partial charge in [0.15, 0.2) is 5.16 Å². The van der Waals surface area contributed by atoms with Crippen molar-refractivity contribution in [2.45, 2.75) is 51.4 Å². The summed E-state index contributed by atoms with van der Waals surface area (Å²) in [5.74, 6) is 0.0390. The Morgan fingerprint density at radius 2 is 1.62 bits per heavy atom. The smallest absolute Gasteiger partial charge is 0.315 e. The van der Waals surface area contributed by atoms with Crippen LogP contribution in [0.5, 0.6) is 5.75 Å². The monoisotopic (exact) mass is 635 g/mol. The molecule has 0 aliphatic heterocycles. The second-order valence-corrected chi connectivity index (χ2v) is 11.3. The van der Waals surface area contributed by atoms with E-state index in [1.54, 1.807) is 46.9 Å². The van der Waals surface area contributed by atoms with Crippen LogP contribution >= 0.6 is 11.8 Å². The van der Waals surface area contributed by atoms with E-state index in [2.05, 4.69) is 28.7 Å². The Bertz CT molecular complexity index is 1580. The molecular weight excluding hydrogens is 596 g/mol. The number of benzene rings is 2. The molecule has 0 saturated heterocycles. The fraction of sp³-hybridized carbons (Fsp3) is 0.353. The number of likely N-dealkylation sites (N-methyl/N-ethyl adjacent to an activating group) is 1. The molecule has 2 aromatic carbocycles. The largest absolute Gasteiger partial charge is 0.487 e. The zero-order chi connectivity index (χ0) is 32.2. The van der Waals surface area contributed by atoms with Crippen molar-refractivity contribution in [3.05, 3.63) is 106 Å². The van der Waals surface area contributed by atoms with Gasteiger partial charge in [0.1, 0.15) is 19.0 Å². The van der Waals surface area contributed by atoms with Crippen LogP contribution in [0.15, 0.2) is 83.0 Å². The summed E-state index contributed by atoms with van der Waals surface area (Å²) >= 11 is 1.30. The zero-order valence-electron chi connectivity index (χ0n) is 25.9. The third kappa shape index (κ3) is 9.70. The summed E-state index contributed by atoms with van der Waals surface area (Å²) in [6, 6.07) is 17.1. The third-order valence-corrected chi connectivity index (χ3v) is 8.41. The van der Waals surface area contributed by atoms with Gasteiger partial charge in [-0.3, -0.25) is 14.6 Å². The van der Waals surface area contributed by atoms with E-state index in [0.29, 0.717) is 36.1 Å². The van der Waals surface area contributed by atoms with Crippen LogP contribution in [0, 0.1) is 5.82 Å². The first-order chi connectivity index (χ1) is 21.8. The van der Waals surface area contributed by atoms with Crippen molar-refractivity contribution in [2.75, 3.05) is 32.8 Å². The molecule has 0 spiro atoms. The van der Waals surface area contributed by atoms with Gasteiger partial charge in [0, 0.05) is 37.1 Å². The number of nitrogens with zero attached hydrogens (tertiary/aromatic N) is 5. The van der Waals surface area contributed by atoms with Crippen molar-refractivity contribution in [1.82, 2.24) is 24.3 Å². The molecule has 0 radical (unpaired) electrons. The maximum Gasteiger partial charge on any atom is 0.315 e. The van der Waals surface area contributed by atoms with Gasteiger partial charge in [-0.25, -0.2) is 8.78 Å². The zero-order valence-corrected chi connectivity index (χ0v) is 26.7. The van der Waals surface area contributed by atoms with E-state index >= 15 is 0 Å². The van der Waals surface area contributed by atoms with Gasteiger partial charge in [-0.15, -0.1) is 0 Å². The quantitative estimate of drug-likeness (QED) is 0.111. The molecule has 4 rings (SSSR count). The molecule has 1 amide bonds. The van der Waals surface area contributed by atoms with Crippen LogP contribution in [0.4, 0.5) is 8.78 Å². The maximum atomic E-state index is 13.9. The molecule has 0 N–H and O–H groups in total. The number of hydrogen-bond donors (Lipinski definition) is 0. The van der Waals surface area contributed by atoms with Crippen LogP contribution in [0.1, 0.15) is 37.5 Å². The lowest BCUT2D eigenvalue weighted by Gasteiger charge is -2.27. The molecule has 4 aromatic rings. The van der Waals surface area contributed by atoms with Gasteiger partial charge >= 0.3 is 5.56 Å². The van der Waals surface area contributed by atoms with Crippen molar-refractivity contribution in [1.29, 1.82) is 0 Å². The summed E-state index contributed by atoms with van der Waals surface area (Å²) in [6.07, 6.45) is 3.30. The lowest BCUT2D eigenvalue weighted by molar-refractivity contribution is -0.132. The number of rotatable bonds is 16. The summed E-state index contributed by atoms with van der Waals surface area (Å²) < 4.78 is 33.5. The standard InChI is InChI=1S/C34H39F2N5O3S/c1-4-39(5-2)17-18-40(21-27-11-16-30(37-20-27)28-12-7-25(19-35)8-13-28)32(42)23-41-22-31(44-6-3)33(43)38-34(41)45-24-26-9-14-29(36)15-10-26/h7-16,20,22H,4-6,17-19,21,23-24H2,1-3H3. The lowest BCUT2D eigenvalue weighted by Crippen LogP contribution is -2.40. The topological polar surface area (TPSA) is 80.6 Å². The Morgan fingerprint density at radius 3 is 2.24 bits per heavy atom. The van der Waals surface area contributed by atoms with Crippen LogP contribution in [-0.4, -0.2) is 63.0 Å². The molecule has 2 heterocycles. The minimum absolute atomic E-state index is 0.0518. The van der Waals surface area contributed by atoms with Gasteiger partial charge in [-0.1, -0.05) is 68.1 Å². The summed E-state index contributed by atoms with van der Waals surface area (Å²) in [7, 11) is 0. The number of hydrogen-bond acceptors (Lipinski definition) is 7. The first-order valence-electron chi connectivity index (χ1n) is 15.0. The van der Waals surface area contributed by atoms with Crippen LogP contribution in [0.2, 0.25) is 0 Å². The van der Waals surface area contributed by atoms with Crippen LogP contribution in [0.25, 0.3) is 11.3 Å². The molecule has 8 nitrogen and oxygen atoms in total. The third-order valence-electron chi connectivity index (χ3n) is 7.35. The summed E-state index contributed by atoms with van der Waals surface area (Å²) in [6.45, 7) is 8.94. The summed E-state index contributed by atoms with van der Waals surface area (Å²) in [4.78, 5) is 39.5. The highest BCUT2D eigenvalue weighted by molar-refractivity contribution is 7.98. The molecule has 0 aliphatic carbocycles. The highest BCUT2D eigenvalue weighted by atomic mass is 32.2. The minimum Gasteiger partial charge on any atom is -0.487 e. The normalized spacial score (nSPS) is 11.2. The molecule has 0 unspecified atom stereocenters. The molecule has 0 atom stereocenters. The van der Waals surface area contributed by atoms with Crippen LogP contribution in [-0.2, 0) is 30.3 Å². The predicted octanol–water partition coefficient (Wildman–Crippen LogP) is 5.98. The van der Waals surface area contributed by atoms with Crippen LogP contribution < -0.4 is 10.3 Å². The highest BCUT2D eigenvalue weighted by Gasteiger charge is 2.19. The van der Waals surface area contributed by atoms with E-state index in [1.807, 2.05) is 24.3 Å². The SMILES string of the molecule is CCOc1cn(CC(=O)N(CCN(CC)CC)Cc2ccc(-c3ccc(CF)cc3)nc2)c(SCc2ccc(F)cc2)nc1=O.